The number of hydrogen-bond acceptors (Lipinski definition) is 7. The van der Waals surface area contributed by atoms with Gasteiger partial charge in [-0.3, -0.25) is 9.69 Å². The maximum absolute atomic E-state index is 13.0. The van der Waals surface area contributed by atoms with Gasteiger partial charge < -0.3 is 19.6 Å². The van der Waals surface area contributed by atoms with E-state index in [0.717, 1.165) is 43.2 Å². The third-order valence-electron chi connectivity index (χ3n) is 6.35. The molecule has 0 radical (unpaired) electrons. The van der Waals surface area contributed by atoms with Crippen molar-refractivity contribution in [1.29, 1.82) is 0 Å². The lowest BCUT2D eigenvalue weighted by atomic mass is 10.0. The van der Waals surface area contributed by atoms with Gasteiger partial charge in [-0.15, -0.1) is 0 Å². The number of ketones is 1. The van der Waals surface area contributed by atoms with Gasteiger partial charge in [0, 0.05) is 58.7 Å². The number of rotatable bonds is 5. The fourth-order valence-corrected chi connectivity index (χ4v) is 4.37. The number of nitrogens with zero attached hydrogens (tertiary/aromatic N) is 4. The van der Waals surface area contributed by atoms with Crippen molar-refractivity contribution < 1.29 is 14.6 Å². The first-order valence-corrected chi connectivity index (χ1v) is 11.4. The first kappa shape index (κ1) is 22.0. The lowest BCUT2D eigenvalue weighted by Crippen LogP contribution is -2.46. The molecule has 1 N–H and O–H groups in total. The Morgan fingerprint density at radius 3 is 2.47 bits per heavy atom. The number of phenols is 1. The van der Waals surface area contributed by atoms with Gasteiger partial charge in [-0.05, 0) is 48.0 Å². The second-order valence-electron chi connectivity index (χ2n) is 8.82. The summed E-state index contributed by atoms with van der Waals surface area (Å²) in [6, 6.07) is 17.1. The van der Waals surface area contributed by atoms with E-state index < -0.39 is 0 Å². The summed E-state index contributed by atoms with van der Waals surface area (Å²) in [5.41, 5.74) is 3.12. The van der Waals surface area contributed by atoms with Crippen LogP contribution < -0.4 is 14.5 Å². The molecule has 0 amide bonds. The van der Waals surface area contributed by atoms with Crippen molar-refractivity contribution in [2.24, 2.45) is 0 Å². The van der Waals surface area contributed by atoms with Gasteiger partial charge >= 0.3 is 0 Å². The Balaban J connectivity index is 1.32. The monoisotopic (exact) mass is 456 g/mol. The summed E-state index contributed by atoms with van der Waals surface area (Å²) in [4.78, 5) is 24.0. The average Bonchev–Trinajstić information content (AvgIpc) is 3.17. The zero-order chi connectivity index (χ0) is 23.7. The molecule has 0 saturated carbocycles. The fraction of sp³-hybridized carbons (Fsp3) is 0.259. The highest BCUT2D eigenvalue weighted by Crippen LogP contribution is 2.40. The minimum absolute atomic E-state index is 0.148. The van der Waals surface area contributed by atoms with Crippen LogP contribution in [0.25, 0.3) is 6.08 Å². The molecule has 7 heteroatoms. The van der Waals surface area contributed by atoms with Crippen LogP contribution in [0, 0.1) is 0 Å². The van der Waals surface area contributed by atoms with E-state index in [1.54, 1.807) is 18.2 Å². The summed E-state index contributed by atoms with van der Waals surface area (Å²) in [5.74, 6) is 1.71. The van der Waals surface area contributed by atoms with Crippen LogP contribution in [0.5, 0.6) is 11.5 Å². The van der Waals surface area contributed by atoms with E-state index >= 15 is 0 Å². The summed E-state index contributed by atoms with van der Waals surface area (Å²) < 4.78 is 6.04. The summed E-state index contributed by atoms with van der Waals surface area (Å²) in [6.07, 6.45) is 3.57. The van der Waals surface area contributed by atoms with Gasteiger partial charge in [0.2, 0.25) is 5.78 Å². The number of benzene rings is 2. The Labute approximate surface area is 199 Å². The third kappa shape index (κ3) is 4.34. The first-order valence-electron chi connectivity index (χ1n) is 11.4. The first-order chi connectivity index (χ1) is 16.5. The maximum Gasteiger partial charge on any atom is 0.231 e. The van der Waals surface area contributed by atoms with E-state index in [0.29, 0.717) is 23.4 Å². The molecule has 1 fully saturated rings. The van der Waals surface area contributed by atoms with Gasteiger partial charge in [0.15, 0.2) is 5.76 Å². The number of carbonyl (C=O) groups is 1. The molecule has 2 aromatic carbocycles. The molecule has 1 saturated heterocycles. The van der Waals surface area contributed by atoms with Crippen LogP contribution in [-0.2, 0) is 6.54 Å². The average molecular weight is 457 g/mol. The Morgan fingerprint density at radius 2 is 1.79 bits per heavy atom. The van der Waals surface area contributed by atoms with Crippen molar-refractivity contribution in [2.75, 3.05) is 50.1 Å². The van der Waals surface area contributed by atoms with Gasteiger partial charge in [0.1, 0.15) is 17.3 Å². The molecule has 0 atom stereocenters. The standard InChI is InChI=1S/C27H28N4O3/c1-29(2)20-8-6-19(7-9-20)17-24-26(33)21-10-11-23(32)22(27(21)34-24)18-30-13-15-31(16-14-30)25-5-3-4-12-28-25/h3-12,17,32H,13-16,18H2,1-2H3/b24-17+. The van der Waals surface area contributed by atoms with Gasteiger partial charge in [-0.25, -0.2) is 4.98 Å². The number of fused-ring (bicyclic) bond motifs is 1. The zero-order valence-corrected chi connectivity index (χ0v) is 19.4. The lowest BCUT2D eigenvalue weighted by Gasteiger charge is -2.35. The molecule has 5 rings (SSSR count). The van der Waals surface area contributed by atoms with E-state index in [9.17, 15) is 9.90 Å². The van der Waals surface area contributed by atoms with Crippen molar-refractivity contribution in [3.8, 4) is 11.5 Å². The van der Waals surface area contributed by atoms with Crippen LogP contribution in [0.3, 0.4) is 0 Å². The minimum Gasteiger partial charge on any atom is -0.507 e. The third-order valence-corrected chi connectivity index (χ3v) is 6.35. The summed E-state index contributed by atoms with van der Waals surface area (Å²) in [5, 5.41) is 10.6. The van der Waals surface area contributed by atoms with Crippen LogP contribution in [-0.4, -0.2) is 61.0 Å². The highest BCUT2D eigenvalue weighted by molar-refractivity contribution is 6.15. The van der Waals surface area contributed by atoms with Crippen molar-refractivity contribution in [1.82, 2.24) is 9.88 Å². The van der Waals surface area contributed by atoms with Crippen molar-refractivity contribution in [3.05, 3.63) is 83.2 Å². The second-order valence-corrected chi connectivity index (χ2v) is 8.82. The van der Waals surface area contributed by atoms with Crippen molar-refractivity contribution in [3.63, 3.8) is 0 Å². The van der Waals surface area contributed by atoms with Crippen molar-refractivity contribution in [2.45, 2.75) is 6.54 Å². The molecular formula is C27H28N4O3. The smallest absolute Gasteiger partial charge is 0.231 e. The van der Waals surface area contributed by atoms with E-state index in [4.69, 9.17) is 4.74 Å². The summed E-state index contributed by atoms with van der Waals surface area (Å²) in [6.45, 7) is 3.87. The molecule has 0 unspecified atom stereocenters. The molecule has 0 spiro atoms. The predicted octanol–water partition coefficient (Wildman–Crippen LogP) is 3.79. The maximum atomic E-state index is 13.0. The molecule has 3 heterocycles. The Hall–Kier alpha value is -3.84. The van der Waals surface area contributed by atoms with Gasteiger partial charge in [0.25, 0.3) is 0 Å². The largest absolute Gasteiger partial charge is 0.507 e. The van der Waals surface area contributed by atoms with E-state index in [-0.39, 0.29) is 17.3 Å². The molecule has 2 aliphatic heterocycles. The number of phenolic OH excluding ortho intramolecular Hbond substituents is 1. The number of carbonyl (C=O) groups excluding carboxylic acids is 1. The lowest BCUT2D eigenvalue weighted by molar-refractivity contribution is 0.101. The number of ether oxygens (including phenoxy) is 1. The molecule has 0 aliphatic carbocycles. The molecule has 0 bridgehead atoms. The quantitative estimate of drug-likeness (QED) is 0.586. The number of Topliss-reactive ketones (excluding diaryl/α,β-unsaturated/α-hetero) is 1. The topological polar surface area (TPSA) is 69.1 Å². The summed E-state index contributed by atoms with van der Waals surface area (Å²) >= 11 is 0. The molecule has 174 valence electrons. The Bertz CT molecular complexity index is 1210. The molecule has 1 aromatic heterocycles. The van der Waals surface area contributed by atoms with Crippen LogP contribution >= 0.6 is 0 Å². The highest BCUT2D eigenvalue weighted by atomic mass is 16.5. The Morgan fingerprint density at radius 1 is 1.03 bits per heavy atom. The minimum atomic E-state index is -0.159. The SMILES string of the molecule is CN(C)c1ccc(/C=C2/Oc3c(ccc(O)c3CN3CCN(c4ccccn4)CC3)C2=O)cc1. The zero-order valence-electron chi connectivity index (χ0n) is 19.4. The highest BCUT2D eigenvalue weighted by Gasteiger charge is 2.32. The van der Waals surface area contributed by atoms with Gasteiger partial charge in [0.05, 0.1) is 11.1 Å². The number of pyridine rings is 1. The van der Waals surface area contributed by atoms with Crippen LogP contribution in [0.15, 0.2) is 66.6 Å². The van der Waals surface area contributed by atoms with Gasteiger partial charge in [-0.2, -0.15) is 0 Å². The fourth-order valence-electron chi connectivity index (χ4n) is 4.37. The number of anilines is 2. The number of piperazine rings is 1. The number of hydrogen-bond donors (Lipinski definition) is 1. The van der Waals surface area contributed by atoms with E-state index in [2.05, 4.69) is 14.8 Å². The van der Waals surface area contributed by atoms with Crippen LogP contribution in [0.1, 0.15) is 21.5 Å². The van der Waals surface area contributed by atoms with Gasteiger partial charge in [-0.1, -0.05) is 18.2 Å². The van der Waals surface area contributed by atoms with Crippen LogP contribution in [0.2, 0.25) is 0 Å². The predicted molar refractivity (Wildman–Crippen MR) is 134 cm³/mol. The second kappa shape index (κ2) is 9.19. The molecular weight excluding hydrogens is 428 g/mol. The van der Waals surface area contributed by atoms with E-state index in [1.807, 2.05) is 67.7 Å². The molecule has 7 nitrogen and oxygen atoms in total. The van der Waals surface area contributed by atoms with Crippen molar-refractivity contribution >= 4 is 23.4 Å². The number of aromatic nitrogens is 1. The normalized spacial score (nSPS) is 17.1. The molecule has 2 aliphatic rings. The molecule has 3 aromatic rings. The summed E-state index contributed by atoms with van der Waals surface area (Å²) in [7, 11) is 3.97. The molecule has 34 heavy (non-hydrogen) atoms. The number of aromatic hydroxyl groups is 1. The Kier molecular flexibility index (Phi) is 5.94. The van der Waals surface area contributed by atoms with E-state index in [1.165, 1.54) is 0 Å². The van der Waals surface area contributed by atoms with Crippen LogP contribution in [0.4, 0.5) is 11.5 Å². The number of allylic oxidation sites excluding steroid dienone is 1.